The van der Waals surface area contributed by atoms with Gasteiger partial charge in [-0.1, -0.05) is 18.2 Å². The van der Waals surface area contributed by atoms with Gasteiger partial charge >= 0.3 is 18.2 Å². The van der Waals surface area contributed by atoms with E-state index in [9.17, 15) is 27.9 Å². The van der Waals surface area contributed by atoms with Crippen LogP contribution in [0.2, 0.25) is 0 Å². The van der Waals surface area contributed by atoms with Crippen LogP contribution in [0.1, 0.15) is 36.4 Å². The fourth-order valence-electron chi connectivity index (χ4n) is 3.44. The lowest BCUT2D eigenvalue weighted by Gasteiger charge is -2.43. The Morgan fingerprint density at radius 1 is 1.38 bits per heavy atom. The normalized spacial score (nSPS) is 23.4. The largest absolute Gasteiger partial charge is 0.469 e. The Bertz CT molecular complexity index is 687. The number of allylic oxidation sites excluding steroid dienone is 1. The number of piperidine rings is 1. The number of esters is 1. The van der Waals surface area contributed by atoms with Crippen LogP contribution in [0.3, 0.4) is 0 Å². The van der Waals surface area contributed by atoms with Crippen molar-refractivity contribution in [2.24, 2.45) is 5.41 Å². The molecule has 5 nitrogen and oxygen atoms in total. The Balaban J connectivity index is 2.41. The molecule has 0 aromatic heterocycles. The number of hydrogen-bond donors (Lipinski definition) is 1. The van der Waals surface area contributed by atoms with Gasteiger partial charge in [0.15, 0.2) is 0 Å². The SMILES string of the molecule is C=CCC1(C(=O)OC)CCN(C(=O)O)C(c2ccc(C(F)(F)F)cc2)C1. The maximum Gasteiger partial charge on any atom is 0.416 e. The van der Waals surface area contributed by atoms with E-state index >= 15 is 0 Å². The third-order valence-electron chi connectivity index (χ3n) is 4.81. The number of rotatable bonds is 4. The molecule has 0 aliphatic carbocycles. The number of likely N-dealkylation sites (tertiary alicyclic amines) is 1. The topological polar surface area (TPSA) is 66.8 Å². The first-order chi connectivity index (χ1) is 12.1. The Hall–Kier alpha value is -2.51. The van der Waals surface area contributed by atoms with Gasteiger partial charge in [-0.05, 0) is 37.0 Å². The van der Waals surface area contributed by atoms with E-state index in [1.165, 1.54) is 19.2 Å². The van der Waals surface area contributed by atoms with Crippen LogP contribution in [-0.2, 0) is 15.7 Å². The van der Waals surface area contributed by atoms with Gasteiger partial charge in [0.05, 0.1) is 24.1 Å². The van der Waals surface area contributed by atoms with Gasteiger partial charge in [-0.15, -0.1) is 6.58 Å². The molecule has 1 heterocycles. The average molecular weight is 371 g/mol. The molecule has 0 spiro atoms. The third-order valence-corrected chi connectivity index (χ3v) is 4.81. The highest BCUT2D eigenvalue weighted by Crippen LogP contribution is 2.45. The second kappa shape index (κ2) is 7.39. The Morgan fingerprint density at radius 3 is 2.46 bits per heavy atom. The quantitative estimate of drug-likeness (QED) is 0.635. The molecule has 26 heavy (non-hydrogen) atoms. The lowest BCUT2D eigenvalue weighted by molar-refractivity contribution is -0.157. The lowest BCUT2D eigenvalue weighted by Crippen LogP contribution is -2.48. The predicted octanol–water partition coefficient (Wildman–Crippen LogP) is 4.26. The molecule has 2 atom stereocenters. The van der Waals surface area contributed by atoms with Crippen molar-refractivity contribution in [3.05, 3.63) is 48.0 Å². The Labute approximate surface area is 149 Å². The molecule has 1 aliphatic rings. The van der Waals surface area contributed by atoms with E-state index < -0.39 is 35.3 Å². The molecule has 1 aromatic carbocycles. The second-order valence-electron chi connectivity index (χ2n) is 6.33. The zero-order chi connectivity index (χ0) is 19.5. The smallest absolute Gasteiger partial charge is 0.416 e. The lowest BCUT2D eigenvalue weighted by atomic mass is 9.71. The number of nitrogens with zero attached hydrogens (tertiary/aromatic N) is 1. The van der Waals surface area contributed by atoms with Crippen molar-refractivity contribution < 1.29 is 32.6 Å². The summed E-state index contributed by atoms with van der Waals surface area (Å²) >= 11 is 0. The number of alkyl halides is 3. The Kier molecular flexibility index (Phi) is 5.63. The van der Waals surface area contributed by atoms with Gasteiger partial charge in [-0.2, -0.15) is 13.2 Å². The van der Waals surface area contributed by atoms with Crippen LogP contribution in [0, 0.1) is 5.41 Å². The van der Waals surface area contributed by atoms with Gasteiger partial charge in [0.1, 0.15) is 0 Å². The van der Waals surface area contributed by atoms with Crippen LogP contribution >= 0.6 is 0 Å². The summed E-state index contributed by atoms with van der Waals surface area (Å²) in [5.74, 6) is -0.473. The number of benzene rings is 1. The van der Waals surface area contributed by atoms with Crippen LogP contribution in [-0.4, -0.2) is 35.7 Å². The Morgan fingerprint density at radius 2 is 2.00 bits per heavy atom. The fraction of sp³-hybridized carbons (Fsp3) is 0.444. The highest BCUT2D eigenvalue weighted by Gasteiger charge is 2.47. The van der Waals surface area contributed by atoms with E-state index in [4.69, 9.17) is 4.74 Å². The zero-order valence-corrected chi connectivity index (χ0v) is 14.3. The first-order valence-electron chi connectivity index (χ1n) is 8.00. The number of ether oxygens (including phenoxy) is 1. The van der Waals surface area contributed by atoms with Gasteiger partial charge < -0.3 is 14.7 Å². The molecule has 0 saturated carbocycles. The first-order valence-corrected chi connectivity index (χ1v) is 8.00. The molecule has 0 radical (unpaired) electrons. The number of carboxylic acid groups (broad SMARTS) is 1. The number of carbonyl (C=O) groups excluding carboxylic acids is 1. The van der Waals surface area contributed by atoms with E-state index in [0.717, 1.165) is 17.0 Å². The number of amides is 1. The summed E-state index contributed by atoms with van der Waals surface area (Å²) in [5.41, 5.74) is -1.36. The molecule has 1 fully saturated rings. The van der Waals surface area contributed by atoms with Gasteiger partial charge in [-0.3, -0.25) is 4.79 Å². The van der Waals surface area contributed by atoms with Crippen LogP contribution < -0.4 is 0 Å². The maximum absolute atomic E-state index is 12.8. The summed E-state index contributed by atoms with van der Waals surface area (Å²) in [7, 11) is 1.25. The summed E-state index contributed by atoms with van der Waals surface area (Å²) < 4.78 is 43.2. The van der Waals surface area contributed by atoms with Crippen molar-refractivity contribution in [3.8, 4) is 0 Å². The third kappa shape index (κ3) is 3.84. The van der Waals surface area contributed by atoms with E-state index in [1.54, 1.807) is 6.08 Å². The van der Waals surface area contributed by atoms with Gasteiger partial charge in [-0.25, -0.2) is 4.79 Å². The van der Waals surface area contributed by atoms with E-state index in [0.29, 0.717) is 12.0 Å². The van der Waals surface area contributed by atoms with Crippen molar-refractivity contribution in [3.63, 3.8) is 0 Å². The number of methoxy groups -OCH3 is 1. The average Bonchev–Trinajstić information content (AvgIpc) is 2.60. The van der Waals surface area contributed by atoms with Gasteiger partial charge in [0.2, 0.25) is 0 Å². The van der Waals surface area contributed by atoms with Crippen molar-refractivity contribution in [2.75, 3.05) is 13.7 Å². The molecule has 1 aliphatic heterocycles. The molecule has 2 unspecified atom stereocenters. The molecule has 1 N–H and O–H groups in total. The van der Waals surface area contributed by atoms with Crippen molar-refractivity contribution >= 4 is 12.1 Å². The molecule has 2 rings (SSSR count). The second-order valence-corrected chi connectivity index (χ2v) is 6.33. The highest BCUT2D eigenvalue weighted by molar-refractivity contribution is 5.78. The van der Waals surface area contributed by atoms with Gasteiger partial charge in [0, 0.05) is 6.54 Å². The molecule has 8 heteroatoms. The van der Waals surface area contributed by atoms with Crippen LogP contribution in [0.25, 0.3) is 0 Å². The molecule has 1 saturated heterocycles. The number of hydrogen-bond acceptors (Lipinski definition) is 3. The summed E-state index contributed by atoms with van der Waals surface area (Å²) in [6.45, 7) is 3.72. The van der Waals surface area contributed by atoms with E-state index in [2.05, 4.69) is 6.58 Å². The summed E-state index contributed by atoms with van der Waals surface area (Å²) in [4.78, 5) is 25.1. The first kappa shape index (κ1) is 19.8. The molecule has 142 valence electrons. The van der Waals surface area contributed by atoms with Crippen molar-refractivity contribution in [1.82, 2.24) is 4.90 Å². The van der Waals surface area contributed by atoms with Crippen LogP contribution in [0.5, 0.6) is 0 Å². The molecular weight excluding hydrogens is 351 g/mol. The van der Waals surface area contributed by atoms with Gasteiger partial charge in [0.25, 0.3) is 0 Å². The summed E-state index contributed by atoms with van der Waals surface area (Å²) in [6, 6.07) is 3.59. The molecule has 0 bridgehead atoms. The van der Waals surface area contributed by atoms with Crippen molar-refractivity contribution in [2.45, 2.75) is 31.5 Å². The zero-order valence-electron chi connectivity index (χ0n) is 14.3. The van der Waals surface area contributed by atoms with Crippen molar-refractivity contribution in [1.29, 1.82) is 0 Å². The highest BCUT2D eigenvalue weighted by atomic mass is 19.4. The number of carbonyl (C=O) groups is 2. The predicted molar refractivity (Wildman–Crippen MR) is 87.4 cm³/mol. The maximum atomic E-state index is 12.8. The molecule has 1 aromatic rings. The summed E-state index contributed by atoms with van der Waals surface area (Å²) in [6.07, 6.45) is -3.43. The van der Waals surface area contributed by atoms with Crippen LogP contribution in [0.4, 0.5) is 18.0 Å². The standard InChI is InChI=1S/C18H20F3NO4/c1-3-8-17(15(23)26-2)9-10-22(16(24)25)14(11-17)12-4-6-13(7-5-12)18(19,20)21/h3-7,14H,1,8-11H2,2H3,(H,24,25). The number of halogens is 3. The van der Waals surface area contributed by atoms with E-state index in [-0.39, 0.29) is 19.4 Å². The fourth-order valence-corrected chi connectivity index (χ4v) is 3.44. The minimum absolute atomic E-state index is 0.0734. The molecule has 1 amide bonds. The minimum Gasteiger partial charge on any atom is -0.469 e. The van der Waals surface area contributed by atoms with E-state index in [1.807, 2.05) is 0 Å². The summed E-state index contributed by atoms with van der Waals surface area (Å²) in [5, 5.41) is 9.46. The minimum atomic E-state index is -4.48. The monoisotopic (exact) mass is 371 g/mol. The molecular formula is C18H20F3NO4. The van der Waals surface area contributed by atoms with Crippen LogP contribution in [0.15, 0.2) is 36.9 Å².